The molecule has 0 aromatic heterocycles. The molecule has 0 aliphatic rings. The molecule has 2 aromatic carbocycles. The summed E-state index contributed by atoms with van der Waals surface area (Å²) in [7, 11) is -0.734. The number of nitro benzene ring substituents is 1. The number of hydrogen-bond acceptors (Lipinski definition) is 6. The lowest BCUT2D eigenvalue weighted by Gasteiger charge is -2.12. The fourth-order valence-electron chi connectivity index (χ4n) is 2.02. The second-order valence-electron chi connectivity index (χ2n) is 5.52. The Labute approximate surface area is 160 Å². The Kier molecular flexibility index (Phi) is 6.37. The van der Waals surface area contributed by atoms with Gasteiger partial charge in [0.05, 0.1) is 9.82 Å². The topological polar surface area (TPSA) is 119 Å². The highest BCUT2D eigenvalue weighted by Gasteiger charge is 2.18. The number of amides is 1. The smallest absolute Gasteiger partial charge is 0.312 e. The van der Waals surface area contributed by atoms with Crippen molar-refractivity contribution in [3.63, 3.8) is 0 Å². The molecule has 0 spiro atoms. The van der Waals surface area contributed by atoms with Gasteiger partial charge in [0.2, 0.25) is 10.0 Å². The van der Waals surface area contributed by atoms with E-state index in [1.165, 1.54) is 50.5 Å². The van der Waals surface area contributed by atoms with Crippen LogP contribution in [0.15, 0.2) is 47.4 Å². The average molecular weight is 414 g/mol. The fraction of sp³-hybridized carbons (Fsp3) is 0.188. The molecule has 2 aromatic rings. The largest absolute Gasteiger partial charge is 0.477 e. The van der Waals surface area contributed by atoms with E-state index in [9.17, 15) is 23.3 Å². The molecule has 0 saturated carbocycles. The van der Waals surface area contributed by atoms with Crippen LogP contribution < -0.4 is 10.1 Å². The minimum atomic E-state index is -3.56. The van der Waals surface area contributed by atoms with Crippen molar-refractivity contribution in [1.82, 2.24) is 4.31 Å². The van der Waals surface area contributed by atoms with Crippen LogP contribution in [0.2, 0.25) is 5.02 Å². The first-order valence-corrected chi connectivity index (χ1v) is 9.32. The minimum absolute atomic E-state index is 0.0820. The molecule has 0 bridgehead atoms. The highest BCUT2D eigenvalue weighted by Crippen LogP contribution is 2.29. The Morgan fingerprint density at radius 1 is 1.22 bits per heavy atom. The quantitative estimate of drug-likeness (QED) is 0.550. The van der Waals surface area contributed by atoms with Gasteiger partial charge in [0, 0.05) is 30.9 Å². The van der Waals surface area contributed by atoms with Crippen LogP contribution in [-0.2, 0) is 14.8 Å². The molecule has 0 fully saturated rings. The lowest BCUT2D eigenvalue weighted by Crippen LogP contribution is -2.22. The van der Waals surface area contributed by atoms with Gasteiger partial charge in [-0.05, 0) is 36.4 Å². The normalized spacial score (nSPS) is 11.3. The van der Waals surface area contributed by atoms with Crippen molar-refractivity contribution < 1.29 is 22.9 Å². The van der Waals surface area contributed by atoms with E-state index in [1.807, 2.05) is 0 Å². The summed E-state index contributed by atoms with van der Waals surface area (Å²) >= 11 is 5.71. The summed E-state index contributed by atoms with van der Waals surface area (Å²) in [5, 5.41) is 13.7. The molecular weight excluding hydrogens is 398 g/mol. The van der Waals surface area contributed by atoms with Gasteiger partial charge in [0.25, 0.3) is 5.91 Å². The predicted octanol–water partition coefficient (Wildman–Crippen LogP) is 2.52. The number of carbonyl (C=O) groups excluding carboxylic acids is 1. The van der Waals surface area contributed by atoms with Crippen molar-refractivity contribution in [2.24, 2.45) is 0 Å². The number of nitrogens with zero attached hydrogens (tertiary/aromatic N) is 2. The summed E-state index contributed by atoms with van der Waals surface area (Å²) in [5.74, 6) is -0.658. The van der Waals surface area contributed by atoms with Crippen molar-refractivity contribution in [1.29, 1.82) is 0 Å². The number of anilines is 1. The zero-order valence-corrected chi connectivity index (χ0v) is 16.0. The van der Waals surface area contributed by atoms with Crippen LogP contribution in [0.5, 0.6) is 5.75 Å². The maximum absolute atomic E-state index is 12.0. The van der Waals surface area contributed by atoms with Crippen molar-refractivity contribution in [2.75, 3.05) is 26.0 Å². The van der Waals surface area contributed by atoms with Crippen molar-refractivity contribution >= 4 is 38.9 Å². The van der Waals surface area contributed by atoms with Gasteiger partial charge in [0.1, 0.15) is 0 Å². The number of rotatable bonds is 7. The van der Waals surface area contributed by atoms with Crippen LogP contribution in [0, 0.1) is 10.1 Å². The SMILES string of the molecule is CN(C)S(=O)(=O)c1ccc(NC(=O)COc2ccc(Cl)cc2[N+](=O)[O-])cc1. The Morgan fingerprint density at radius 3 is 2.41 bits per heavy atom. The van der Waals surface area contributed by atoms with Gasteiger partial charge in [-0.1, -0.05) is 11.6 Å². The van der Waals surface area contributed by atoms with Gasteiger partial charge in [-0.3, -0.25) is 14.9 Å². The lowest BCUT2D eigenvalue weighted by atomic mass is 10.3. The highest BCUT2D eigenvalue weighted by atomic mass is 35.5. The van der Waals surface area contributed by atoms with Gasteiger partial charge >= 0.3 is 5.69 Å². The van der Waals surface area contributed by atoms with E-state index in [-0.39, 0.29) is 21.4 Å². The highest BCUT2D eigenvalue weighted by molar-refractivity contribution is 7.89. The number of hydrogen-bond donors (Lipinski definition) is 1. The third-order valence-corrected chi connectivity index (χ3v) is 5.46. The van der Waals surface area contributed by atoms with Gasteiger partial charge in [0.15, 0.2) is 12.4 Å². The molecule has 0 unspecified atom stereocenters. The van der Waals surface area contributed by atoms with E-state index >= 15 is 0 Å². The first-order valence-electron chi connectivity index (χ1n) is 7.50. The molecule has 0 radical (unpaired) electrons. The number of carbonyl (C=O) groups is 1. The first-order chi connectivity index (χ1) is 12.6. The van der Waals surface area contributed by atoms with Gasteiger partial charge < -0.3 is 10.1 Å². The van der Waals surface area contributed by atoms with E-state index in [0.717, 1.165) is 10.4 Å². The number of nitro groups is 1. The summed E-state index contributed by atoms with van der Waals surface area (Å²) in [4.78, 5) is 22.4. The standard InChI is InChI=1S/C16H16ClN3O6S/c1-19(2)27(24,25)13-6-4-12(5-7-13)18-16(21)10-26-15-8-3-11(17)9-14(15)20(22)23/h3-9H,10H2,1-2H3,(H,18,21). The zero-order chi connectivity index (χ0) is 20.2. The lowest BCUT2D eigenvalue weighted by molar-refractivity contribution is -0.385. The predicted molar refractivity (Wildman–Crippen MR) is 99.5 cm³/mol. The summed E-state index contributed by atoms with van der Waals surface area (Å²) < 4.78 is 30.2. The van der Waals surface area contributed by atoms with Crippen LogP contribution in [0.4, 0.5) is 11.4 Å². The molecule has 0 atom stereocenters. The van der Waals surface area contributed by atoms with Gasteiger partial charge in [-0.15, -0.1) is 0 Å². The fourth-order valence-corrected chi connectivity index (χ4v) is 3.08. The molecule has 1 amide bonds. The summed E-state index contributed by atoms with van der Waals surface area (Å²) in [6.07, 6.45) is 0. The third kappa shape index (κ3) is 5.16. The zero-order valence-electron chi connectivity index (χ0n) is 14.4. The van der Waals surface area contributed by atoms with E-state index in [2.05, 4.69) is 5.32 Å². The molecule has 9 nitrogen and oxygen atoms in total. The molecule has 1 N–H and O–H groups in total. The van der Waals surface area contributed by atoms with Crippen LogP contribution in [0.25, 0.3) is 0 Å². The number of nitrogens with one attached hydrogen (secondary N) is 1. The maximum Gasteiger partial charge on any atom is 0.312 e. The molecule has 0 heterocycles. The number of halogens is 1. The first kappa shape index (κ1) is 20.6. The van der Waals surface area contributed by atoms with Crippen molar-refractivity contribution in [2.45, 2.75) is 4.90 Å². The average Bonchev–Trinajstić information content (AvgIpc) is 2.60. The molecule has 144 valence electrons. The maximum atomic E-state index is 12.0. The number of ether oxygens (including phenoxy) is 1. The van der Waals surface area contributed by atoms with E-state index < -0.39 is 27.5 Å². The molecule has 0 aliphatic heterocycles. The summed E-state index contributed by atoms with van der Waals surface area (Å²) in [5.41, 5.74) is 0.000423. The van der Waals surface area contributed by atoms with E-state index in [1.54, 1.807) is 0 Å². The number of benzene rings is 2. The molecule has 27 heavy (non-hydrogen) atoms. The third-order valence-electron chi connectivity index (χ3n) is 3.39. The van der Waals surface area contributed by atoms with Gasteiger partial charge in [-0.25, -0.2) is 12.7 Å². The molecular formula is C16H16ClN3O6S. The van der Waals surface area contributed by atoms with Crippen LogP contribution in [-0.4, -0.2) is 44.3 Å². The van der Waals surface area contributed by atoms with E-state index in [4.69, 9.17) is 16.3 Å². The van der Waals surface area contributed by atoms with Crippen LogP contribution in [0.3, 0.4) is 0 Å². The van der Waals surface area contributed by atoms with Gasteiger partial charge in [-0.2, -0.15) is 0 Å². The number of sulfonamides is 1. The molecule has 0 aliphatic carbocycles. The monoisotopic (exact) mass is 413 g/mol. The van der Waals surface area contributed by atoms with Crippen molar-refractivity contribution in [3.05, 3.63) is 57.6 Å². The Hall–Kier alpha value is -2.69. The summed E-state index contributed by atoms with van der Waals surface area (Å²) in [6, 6.07) is 9.41. The minimum Gasteiger partial charge on any atom is -0.477 e. The Bertz CT molecular complexity index is 961. The second kappa shape index (κ2) is 8.33. The van der Waals surface area contributed by atoms with Crippen LogP contribution in [0.1, 0.15) is 0 Å². The second-order valence-corrected chi connectivity index (χ2v) is 8.11. The Morgan fingerprint density at radius 2 is 1.85 bits per heavy atom. The summed E-state index contributed by atoms with van der Waals surface area (Å²) in [6.45, 7) is -0.472. The Balaban J connectivity index is 2.02. The molecule has 2 rings (SSSR count). The molecule has 11 heteroatoms. The van der Waals surface area contributed by atoms with Crippen LogP contribution >= 0.6 is 11.6 Å². The molecule has 0 saturated heterocycles. The van der Waals surface area contributed by atoms with E-state index in [0.29, 0.717) is 5.69 Å². The van der Waals surface area contributed by atoms with Crippen molar-refractivity contribution in [3.8, 4) is 5.75 Å².